The van der Waals surface area contributed by atoms with Crippen molar-refractivity contribution in [2.75, 3.05) is 32.1 Å². The van der Waals surface area contributed by atoms with E-state index in [9.17, 15) is 27.9 Å². The normalized spacial score (nSPS) is 18.2. The highest BCUT2D eigenvalue weighted by Gasteiger charge is 2.35. The molecular formula is C30H36F3N5O4. The van der Waals surface area contributed by atoms with Gasteiger partial charge in [-0.15, -0.1) is 0 Å². The molecule has 0 spiro atoms. The third-order valence-electron chi connectivity index (χ3n) is 7.40. The number of nitrogens with zero attached hydrogens (tertiary/aromatic N) is 4. The first-order valence-electron chi connectivity index (χ1n) is 13.7. The molecule has 0 aliphatic carbocycles. The van der Waals surface area contributed by atoms with E-state index in [1.54, 1.807) is 50.1 Å². The van der Waals surface area contributed by atoms with Gasteiger partial charge < -0.3 is 20.1 Å². The maximum Gasteiger partial charge on any atom is 0.416 e. The number of anilines is 1. The van der Waals surface area contributed by atoms with Crippen molar-refractivity contribution in [1.82, 2.24) is 19.6 Å². The highest BCUT2D eigenvalue weighted by atomic mass is 19.4. The van der Waals surface area contributed by atoms with Crippen molar-refractivity contribution in [2.45, 2.75) is 45.6 Å². The predicted octanol–water partition coefficient (Wildman–Crippen LogP) is 4.35. The molecule has 1 aliphatic rings. The van der Waals surface area contributed by atoms with Crippen LogP contribution in [0, 0.1) is 12.8 Å². The van der Waals surface area contributed by atoms with E-state index in [1.165, 1.54) is 16.8 Å². The van der Waals surface area contributed by atoms with E-state index in [1.807, 2.05) is 18.9 Å². The summed E-state index contributed by atoms with van der Waals surface area (Å²) in [5.41, 5.74) is 1.56. The number of ether oxygens (including phenoxy) is 1. The number of aliphatic hydroxyl groups excluding tert-OH is 1. The number of hydrogen-bond donors (Lipinski definition) is 2. The van der Waals surface area contributed by atoms with Crippen molar-refractivity contribution in [1.29, 1.82) is 0 Å². The molecule has 3 atom stereocenters. The van der Waals surface area contributed by atoms with Crippen LogP contribution in [0.3, 0.4) is 0 Å². The maximum atomic E-state index is 13.7. The molecule has 0 bridgehead atoms. The van der Waals surface area contributed by atoms with Crippen LogP contribution in [0.15, 0.2) is 48.5 Å². The fourth-order valence-corrected chi connectivity index (χ4v) is 5.05. The molecule has 3 aromatic rings. The molecule has 2 heterocycles. The number of aliphatic hydroxyl groups is 1. The van der Waals surface area contributed by atoms with Gasteiger partial charge in [0, 0.05) is 32.6 Å². The van der Waals surface area contributed by atoms with E-state index in [-0.39, 0.29) is 29.7 Å². The summed E-state index contributed by atoms with van der Waals surface area (Å²) < 4.78 is 47.0. The van der Waals surface area contributed by atoms with Gasteiger partial charge in [0.05, 0.1) is 35.2 Å². The van der Waals surface area contributed by atoms with Gasteiger partial charge in [0.1, 0.15) is 11.8 Å². The average Bonchev–Trinajstić information content (AvgIpc) is 3.28. The van der Waals surface area contributed by atoms with Gasteiger partial charge >= 0.3 is 6.18 Å². The Bertz CT molecular complexity index is 1420. The molecule has 2 amide bonds. The number of halogens is 3. The van der Waals surface area contributed by atoms with Gasteiger partial charge in [-0.1, -0.05) is 25.1 Å². The highest BCUT2D eigenvalue weighted by Crippen LogP contribution is 2.35. The Balaban J connectivity index is 1.64. The number of carbonyl (C=O) groups excluding carboxylic acids is 2. The number of benzene rings is 2. The van der Waals surface area contributed by atoms with Crippen molar-refractivity contribution < 1.29 is 32.6 Å². The molecule has 1 aliphatic heterocycles. The first-order chi connectivity index (χ1) is 19.8. The van der Waals surface area contributed by atoms with E-state index in [2.05, 4.69) is 10.4 Å². The Hall–Kier alpha value is -3.90. The Morgan fingerprint density at radius 2 is 1.93 bits per heavy atom. The molecule has 2 aromatic carbocycles. The van der Waals surface area contributed by atoms with Gasteiger partial charge in [0.15, 0.2) is 5.75 Å². The van der Waals surface area contributed by atoms with Crippen LogP contribution in [-0.2, 0) is 19.8 Å². The third-order valence-corrected chi connectivity index (χ3v) is 7.40. The Labute approximate surface area is 242 Å². The summed E-state index contributed by atoms with van der Waals surface area (Å²) in [6.07, 6.45) is -4.88. The lowest BCUT2D eigenvalue weighted by molar-refractivity contribution is -0.137. The number of fused-ring (bicyclic) bond motifs is 1. The van der Waals surface area contributed by atoms with Gasteiger partial charge in [-0.05, 0) is 56.8 Å². The number of para-hydroxylation sites is 1. The van der Waals surface area contributed by atoms with Gasteiger partial charge in [-0.2, -0.15) is 18.3 Å². The number of nitrogens with one attached hydrogen (secondary N) is 1. The lowest BCUT2D eigenvalue weighted by Gasteiger charge is -2.38. The summed E-state index contributed by atoms with van der Waals surface area (Å²) in [7, 11) is 3.50. The molecular weight excluding hydrogens is 551 g/mol. The number of aromatic nitrogens is 2. The Morgan fingerprint density at radius 3 is 2.52 bits per heavy atom. The quantitative estimate of drug-likeness (QED) is 0.407. The first-order valence-corrected chi connectivity index (χ1v) is 13.7. The Morgan fingerprint density at radius 1 is 1.24 bits per heavy atom. The smallest absolute Gasteiger partial charge is 0.416 e. The summed E-state index contributed by atoms with van der Waals surface area (Å²) in [6, 6.07) is 11.1. The fourth-order valence-electron chi connectivity index (χ4n) is 5.05. The summed E-state index contributed by atoms with van der Waals surface area (Å²) in [5.74, 6) is -0.740. The number of carbonyl (C=O) groups is 2. The topological polar surface area (TPSA) is 99.9 Å². The van der Waals surface area contributed by atoms with E-state index >= 15 is 0 Å². The fraction of sp³-hybridized carbons (Fsp3) is 0.433. The van der Waals surface area contributed by atoms with Crippen LogP contribution >= 0.6 is 0 Å². The zero-order valence-electron chi connectivity index (χ0n) is 24.3. The number of likely N-dealkylation sites (N-methyl/N-ethyl adjacent to an activating group) is 1. The van der Waals surface area contributed by atoms with Crippen molar-refractivity contribution in [3.05, 3.63) is 76.6 Å². The van der Waals surface area contributed by atoms with Crippen molar-refractivity contribution in [2.24, 2.45) is 13.0 Å². The standard InChI is InChI=1S/C30H36F3N5O4/c1-18-14-38(20(3)17-39)29(41)23-7-6-8-24(34-28(40)25-13-19(2)35-37(25)5)27(23)42-26(18)16-36(4)15-21-9-11-22(12-10-21)30(31,32)33/h6-13,18,20,26,39H,14-17H2,1-5H3,(H,34,40)/t18-,20+,26+/m0/s1. The van der Waals surface area contributed by atoms with Gasteiger partial charge in [0.25, 0.3) is 11.8 Å². The predicted molar refractivity (Wildman–Crippen MR) is 151 cm³/mol. The van der Waals surface area contributed by atoms with Gasteiger partial charge in [-0.25, -0.2) is 0 Å². The van der Waals surface area contributed by atoms with E-state index in [0.29, 0.717) is 42.3 Å². The second-order valence-corrected chi connectivity index (χ2v) is 10.9. The zero-order valence-corrected chi connectivity index (χ0v) is 24.3. The molecule has 0 saturated heterocycles. The number of alkyl halides is 3. The minimum atomic E-state index is -4.41. The summed E-state index contributed by atoms with van der Waals surface area (Å²) in [4.78, 5) is 30.4. The van der Waals surface area contributed by atoms with Crippen LogP contribution in [0.4, 0.5) is 18.9 Å². The van der Waals surface area contributed by atoms with Crippen LogP contribution in [0.25, 0.3) is 0 Å². The monoisotopic (exact) mass is 587 g/mol. The summed E-state index contributed by atoms with van der Waals surface area (Å²) in [5, 5.41) is 17.0. The summed E-state index contributed by atoms with van der Waals surface area (Å²) >= 11 is 0. The van der Waals surface area contributed by atoms with E-state index in [0.717, 1.165) is 12.1 Å². The van der Waals surface area contributed by atoms with Crippen molar-refractivity contribution in [3.8, 4) is 5.75 Å². The summed E-state index contributed by atoms with van der Waals surface area (Å²) in [6.45, 7) is 6.29. The Kier molecular flexibility index (Phi) is 9.27. The second-order valence-electron chi connectivity index (χ2n) is 10.9. The molecule has 9 nitrogen and oxygen atoms in total. The minimum Gasteiger partial charge on any atom is -0.486 e. The van der Waals surface area contributed by atoms with Crippen LogP contribution in [0.5, 0.6) is 5.75 Å². The van der Waals surface area contributed by atoms with Gasteiger partial charge in [0.2, 0.25) is 0 Å². The largest absolute Gasteiger partial charge is 0.486 e. The lowest BCUT2D eigenvalue weighted by Crippen LogP contribution is -2.49. The lowest BCUT2D eigenvalue weighted by atomic mass is 9.98. The van der Waals surface area contributed by atoms with Gasteiger partial charge in [-0.3, -0.25) is 19.2 Å². The molecule has 226 valence electrons. The maximum absolute atomic E-state index is 13.7. The molecule has 0 radical (unpaired) electrons. The number of aryl methyl sites for hydroxylation is 2. The molecule has 0 fully saturated rings. The van der Waals surface area contributed by atoms with Crippen LogP contribution in [-0.4, -0.2) is 75.4 Å². The number of amides is 2. The third kappa shape index (κ3) is 6.93. The van der Waals surface area contributed by atoms with Crippen LogP contribution < -0.4 is 10.1 Å². The van der Waals surface area contributed by atoms with E-state index in [4.69, 9.17) is 4.74 Å². The molecule has 1 aromatic heterocycles. The van der Waals surface area contributed by atoms with Crippen LogP contribution in [0.2, 0.25) is 0 Å². The van der Waals surface area contributed by atoms with Crippen LogP contribution in [0.1, 0.15) is 51.5 Å². The zero-order chi connectivity index (χ0) is 30.8. The number of hydrogen-bond acceptors (Lipinski definition) is 6. The molecule has 0 unspecified atom stereocenters. The van der Waals surface area contributed by atoms with Crippen molar-refractivity contribution in [3.63, 3.8) is 0 Å². The molecule has 0 saturated carbocycles. The number of rotatable bonds is 8. The molecule has 4 rings (SSSR count). The SMILES string of the molecule is Cc1cc(C(=O)Nc2cccc3c2O[C@H](CN(C)Cc2ccc(C(F)(F)F)cc2)[C@@H](C)CN([C@H](C)CO)C3=O)n(C)n1. The average molecular weight is 588 g/mol. The minimum absolute atomic E-state index is 0.199. The van der Waals surface area contributed by atoms with E-state index < -0.39 is 29.8 Å². The molecule has 42 heavy (non-hydrogen) atoms. The highest BCUT2D eigenvalue weighted by molar-refractivity contribution is 6.06. The molecule has 2 N–H and O–H groups in total. The van der Waals surface area contributed by atoms with Crippen molar-refractivity contribution >= 4 is 17.5 Å². The second kappa shape index (κ2) is 12.5. The first kappa shape index (κ1) is 31.0. The molecule has 12 heteroatoms.